The number of rotatable bonds is 3. The van der Waals surface area contributed by atoms with Gasteiger partial charge in [0.15, 0.2) is 29.1 Å². The predicted octanol–water partition coefficient (Wildman–Crippen LogP) is 2.63. The fourth-order valence-corrected chi connectivity index (χ4v) is 4.73. The molecule has 3 aromatic carbocycles. The third-order valence-electron chi connectivity index (χ3n) is 6.26. The number of phenols is 5. The highest BCUT2D eigenvalue weighted by molar-refractivity contribution is 5.75. The van der Waals surface area contributed by atoms with Gasteiger partial charge in [-0.15, -0.1) is 0 Å². The second-order valence-electron chi connectivity index (χ2n) is 8.31. The van der Waals surface area contributed by atoms with E-state index in [2.05, 4.69) is 0 Å². The van der Waals surface area contributed by atoms with Gasteiger partial charge in [-0.25, -0.2) is 0 Å². The van der Waals surface area contributed by atoms with Crippen LogP contribution in [0.3, 0.4) is 0 Å². The highest BCUT2D eigenvalue weighted by atomic mass is 16.5. The summed E-state index contributed by atoms with van der Waals surface area (Å²) in [7, 11) is 0. The lowest BCUT2D eigenvalue weighted by Crippen LogP contribution is -2.46. The topological polar surface area (TPSA) is 177 Å². The van der Waals surface area contributed by atoms with Gasteiger partial charge in [0.2, 0.25) is 0 Å². The Hall–Kier alpha value is -4.31. The van der Waals surface area contributed by atoms with Crippen molar-refractivity contribution in [3.63, 3.8) is 0 Å². The van der Waals surface area contributed by atoms with Crippen molar-refractivity contribution in [1.82, 2.24) is 0 Å². The maximum Gasteiger partial charge on any atom is 0.311 e. The van der Waals surface area contributed by atoms with E-state index in [0.717, 1.165) is 0 Å². The molecule has 5 unspecified atom stereocenters. The van der Waals surface area contributed by atoms with E-state index in [1.165, 1.54) is 48.5 Å². The molecule has 5 atom stereocenters. The largest absolute Gasteiger partial charge is 0.508 e. The summed E-state index contributed by atoms with van der Waals surface area (Å²) in [5, 5.41) is 71.0. The molecule has 2 aliphatic rings. The number of aliphatic hydroxyl groups excluding tert-OH is 1. The van der Waals surface area contributed by atoms with Gasteiger partial charge in [-0.1, -0.05) is 12.1 Å². The molecule has 0 aliphatic carbocycles. The van der Waals surface area contributed by atoms with Gasteiger partial charge >= 0.3 is 5.97 Å². The summed E-state index contributed by atoms with van der Waals surface area (Å²) in [5.41, 5.74) is 0.764. The van der Waals surface area contributed by atoms with Crippen LogP contribution in [0.4, 0.5) is 0 Å². The zero-order valence-electron chi connectivity index (χ0n) is 17.4. The van der Waals surface area contributed by atoms with Crippen molar-refractivity contribution in [1.29, 1.82) is 0 Å². The van der Waals surface area contributed by atoms with Crippen LogP contribution >= 0.6 is 0 Å². The molecule has 3 aromatic rings. The number of hydrogen-bond donors (Lipinski definition) is 7. The van der Waals surface area contributed by atoms with Crippen LogP contribution in [0.5, 0.6) is 40.2 Å². The predicted molar refractivity (Wildman–Crippen MR) is 114 cm³/mol. The van der Waals surface area contributed by atoms with E-state index in [9.17, 15) is 40.5 Å². The maximum atomic E-state index is 12.5. The Balaban J connectivity index is 1.68. The van der Waals surface area contributed by atoms with Crippen molar-refractivity contribution in [2.24, 2.45) is 5.92 Å². The third-order valence-corrected chi connectivity index (χ3v) is 6.26. The van der Waals surface area contributed by atoms with Crippen molar-refractivity contribution in [3.8, 4) is 40.2 Å². The van der Waals surface area contributed by atoms with Gasteiger partial charge in [0, 0.05) is 23.6 Å². The van der Waals surface area contributed by atoms with Crippen molar-refractivity contribution in [3.05, 3.63) is 65.2 Å². The number of benzene rings is 3. The minimum Gasteiger partial charge on any atom is -0.508 e. The number of carbonyl (C=O) groups is 1. The smallest absolute Gasteiger partial charge is 0.311 e. The van der Waals surface area contributed by atoms with Crippen LogP contribution in [0.15, 0.2) is 48.5 Å². The highest BCUT2D eigenvalue weighted by Gasteiger charge is 2.53. The van der Waals surface area contributed by atoms with E-state index in [0.29, 0.717) is 0 Å². The number of aliphatic carboxylic acids is 1. The standard InChI is InChI=1S/C24H20O10/c25-11-7-16-18-17(8-11)34-23(10-2-4-13(27)15(29)6-10)21(30)19(18)20(24(31)32)22(33-16)9-1-3-12(26)14(28)5-9/h1-8,19-23,25-30H,(H,31,32). The lowest BCUT2D eigenvalue weighted by atomic mass is 9.71. The molecule has 34 heavy (non-hydrogen) atoms. The van der Waals surface area contributed by atoms with E-state index in [-0.39, 0.29) is 39.7 Å². The number of carboxylic acid groups (broad SMARTS) is 1. The fourth-order valence-electron chi connectivity index (χ4n) is 4.73. The molecule has 0 aromatic heterocycles. The highest BCUT2D eigenvalue weighted by Crippen LogP contribution is 2.57. The maximum absolute atomic E-state index is 12.5. The van der Waals surface area contributed by atoms with E-state index in [1.807, 2.05) is 0 Å². The van der Waals surface area contributed by atoms with Crippen molar-refractivity contribution >= 4 is 5.97 Å². The van der Waals surface area contributed by atoms with Gasteiger partial charge in [0.25, 0.3) is 0 Å². The number of phenolic OH excluding ortho intramolecular Hbond substituents is 5. The molecule has 2 heterocycles. The Labute approximate surface area is 192 Å². The molecule has 2 aliphatic heterocycles. The van der Waals surface area contributed by atoms with Gasteiger partial charge in [-0.3, -0.25) is 4.79 Å². The Bertz CT molecular complexity index is 1290. The lowest BCUT2D eigenvalue weighted by molar-refractivity contribution is -0.152. The minimum absolute atomic E-state index is 0.0983. The Morgan fingerprint density at radius 3 is 1.71 bits per heavy atom. The molecule has 7 N–H and O–H groups in total. The molecule has 10 nitrogen and oxygen atoms in total. The summed E-state index contributed by atoms with van der Waals surface area (Å²) >= 11 is 0. The molecule has 176 valence electrons. The molecule has 0 spiro atoms. The van der Waals surface area contributed by atoms with Crippen LogP contribution in [-0.4, -0.2) is 47.8 Å². The average molecular weight is 468 g/mol. The molecule has 0 saturated carbocycles. The number of aromatic hydroxyl groups is 5. The van der Waals surface area contributed by atoms with E-state index in [4.69, 9.17) is 9.47 Å². The average Bonchev–Trinajstić information content (AvgIpc) is 2.78. The summed E-state index contributed by atoms with van der Waals surface area (Å²) < 4.78 is 11.8. The molecule has 0 fully saturated rings. The number of carboxylic acids is 1. The second kappa shape index (κ2) is 7.63. The summed E-state index contributed by atoms with van der Waals surface area (Å²) in [5.74, 6) is -5.45. The first-order chi connectivity index (χ1) is 16.2. The van der Waals surface area contributed by atoms with E-state index < -0.39 is 53.4 Å². The normalized spacial score (nSPS) is 25.0. The zero-order chi connectivity index (χ0) is 24.3. The number of aliphatic hydroxyl groups is 1. The van der Waals surface area contributed by atoms with E-state index >= 15 is 0 Å². The van der Waals surface area contributed by atoms with Crippen molar-refractivity contribution in [2.45, 2.75) is 24.2 Å². The molecule has 10 heteroatoms. The number of hydrogen-bond acceptors (Lipinski definition) is 9. The Morgan fingerprint density at radius 1 is 0.706 bits per heavy atom. The molecule has 0 amide bonds. The third kappa shape index (κ3) is 3.27. The first-order valence-corrected chi connectivity index (χ1v) is 10.3. The molecule has 0 radical (unpaired) electrons. The molecular formula is C24H20O10. The van der Waals surface area contributed by atoms with Crippen LogP contribution in [0, 0.1) is 5.92 Å². The quantitative estimate of drug-likeness (QED) is 0.283. The Kier molecular flexibility index (Phi) is 4.83. The summed E-state index contributed by atoms with van der Waals surface area (Å²) in [6, 6.07) is 10.1. The van der Waals surface area contributed by atoms with Crippen LogP contribution in [0.25, 0.3) is 0 Å². The summed E-state index contributed by atoms with van der Waals surface area (Å²) in [4.78, 5) is 12.5. The van der Waals surface area contributed by atoms with Crippen LogP contribution in [0.2, 0.25) is 0 Å². The SMILES string of the molecule is O=C(O)C1C(c2ccc(O)c(O)c2)Oc2cc(O)cc3c2C1C(O)C(c1ccc(O)c(O)c1)O3. The first kappa shape index (κ1) is 21.5. The minimum atomic E-state index is -1.43. The van der Waals surface area contributed by atoms with E-state index in [1.54, 1.807) is 0 Å². The molecule has 0 saturated heterocycles. The van der Waals surface area contributed by atoms with Crippen molar-refractivity contribution in [2.75, 3.05) is 0 Å². The van der Waals surface area contributed by atoms with Crippen LogP contribution < -0.4 is 9.47 Å². The van der Waals surface area contributed by atoms with Gasteiger partial charge in [-0.05, 0) is 35.4 Å². The van der Waals surface area contributed by atoms with Gasteiger partial charge in [0.1, 0.15) is 35.4 Å². The first-order valence-electron chi connectivity index (χ1n) is 10.3. The van der Waals surface area contributed by atoms with Crippen LogP contribution in [-0.2, 0) is 4.79 Å². The number of ether oxygens (including phenoxy) is 2. The second-order valence-corrected chi connectivity index (χ2v) is 8.31. The summed E-state index contributed by atoms with van der Waals surface area (Å²) in [6.07, 6.45) is -3.77. The Morgan fingerprint density at radius 2 is 1.21 bits per heavy atom. The van der Waals surface area contributed by atoms with Crippen LogP contribution in [0.1, 0.15) is 34.8 Å². The molecule has 0 bridgehead atoms. The zero-order valence-corrected chi connectivity index (χ0v) is 17.4. The molecule has 5 rings (SSSR count). The monoisotopic (exact) mass is 468 g/mol. The fraction of sp³-hybridized carbons (Fsp3) is 0.208. The lowest BCUT2D eigenvalue weighted by Gasteiger charge is -2.45. The summed E-state index contributed by atoms with van der Waals surface area (Å²) in [6.45, 7) is 0. The molecular weight excluding hydrogens is 448 g/mol. The van der Waals surface area contributed by atoms with Gasteiger partial charge in [0.05, 0.1) is 0 Å². The van der Waals surface area contributed by atoms with Gasteiger partial charge in [-0.2, -0.15) is 0 Å². The van der Waals surface area contributed by atoms with Gasteiger partial charge < -0.3 is 45.2 Å². The van der Waals surface area contributed by atoms with Crippen molar-refractivity contribution < 1.29 is 50.0 Å².